The summed E-state index contributed by atoms with van der Waals surface area (Å²) in [5.41, 5.74) is 15.8. The van der Waals surface area contributed by atoms with Crippen LogP contribution in [0.2, 0.25) is 0 Å². The van der Waals surface area contributed by atoms with Gasteiger partial charge in [-0.3, -0.25) is 5.41 Å². The van der Waals surface area contributed by atoms with E-state index in [1.165, 1.54) is 0 Å². The lowest BCUT2D eigenvalue weighted by Gasteiger charge is -2.14. The van der Waals surface area contributed by atoms with E-state index >= 15 is 0 Å². The van der Waals surface area contributed by atoms with E-state index in [9.17, 15) is 0 Å². The fourth-order valence-corrected chi connectivity index (χ4v) is 2.70. The van der Waals surface area contributed by atoms with Crippen LogP contribution in [-0.4, -0.2) is 17.9 Å². The van der Waals surface area contributed by atoms with Crippen LogP contribution >= 0.6 is 0 Å². The van der Waals surface area contributed by atoms with Crippen LogP contribution in [0, 0.1) is 16.7 Å². The van der Waals surface area contributed by atoms with E-state index in [1.807, 2.05) is 18.2 Å². The Hall–Kier alpha value is -3.85. The van der Waals surface area contributed by atoms with Crippen molar-refractivity contribution in [2.75, 3.05) is 12.8 Å². The maximum Gasteiger partial charge on any atom is 0.127 e. The second-order valence-corrected chi connectivity index (χ2v) is 5.66. The highest BCUT2D eigenvalue weighted by Crippen LogP contribution is 2.31. The van der Waals surface area contributed by atoms with Crippen molar-refractivity contribution in [3.63, 3.8) is 0 Å². The molecule has 0 aliphatic heterocycles. The monoisotopic (exact) mass is 343 g/mol. The summed E-state index contributed by atoms with van der Waals surface area (Å²) in [6, 6.07) is 18.2. The number of nitrogens with two attached hydrogens (primary N) is 2. The molecule has 6 heteroatoms. The molecule has 0 amide bonds. The Labute approximate surface area is 151 Å². The average Bonchev–Trinajstić information content (AvgIpc) is 2.67. The summed E-state index contributed by atoms with van der Waals surface area (Å²) in [4.78, 5) is 4.68. The van der Waals surface area contributed by atoms with Crippen molar-refractivity contribution >= 4 is 11.5 Å². The van der Waals surface area contributed by atoms with Gasteiger partial charge < -0.3 is 16.2 Å². The van der Waals surface area contributed by atoms with E-state index in [0.717, 1.165) is 11.1 Å². The van der Waals surface area contributed by atoms with Gasteiger partial charge in [0.05, 0.1) is 35.7 Å². The minimum Gasteiger partial charge on any atom is -0.497 e. The van der Waals surface area contributed by atoms with Gasteiger partial charge in [-0.15, -0.1) is 0 Å². The fraction of sp³-hybridized carbons (Fsp3) is 0.0500. The first-order chi connectivity index (χ1) is 12.5. The molecular weight excluding hydrogens is 326 g/mol. The number of anilines is 1. The highest BCUT2D eigenvalue weighted by Gasteiger charge is 2.16. The van der Waals surface area contributed by atoms with Crippen molar-refractivity contribution in [3.8, 4) is 34.3 Å². The summed E-state index contributed by atoms with van der Waals surface area (Å²) >= 11 is 0. The molecule has 2 aromatic carbocycles. The number of methoxy groups -OCH3 is 1. The topological polar surface area (TPSA) is 122 Å². The van der Waals surface area contributed by atoms with Crippen molar-refractivity contribution in [1.82, 2.24) is 4.98 Å². The van der Waals surface area contributed by atoms with Crippen LogP contribution < -0.4 is 16.2 Å². The summed E-state index contributed by atoms with van der Waals surface area (Å²) in [7, 11) is 1.59. The van der Waals surface area contributed by atoms with Crippen LogP contribution in [0.4, 0.5) is 5.69 Å². The number of ether oxygens (including phenoxy) is 1. The van der Waals surface area contributed by atoms with E-state index in [-0.39, 0.29) is 5.84 Å². The molecule has 1 heterocycles. The molecule has 3 aromatic rings. The number of nitriles is 1. The molecule has 6 nitrogen and oxygen atoms in total. The molecule has 0 saturated carbocycles. The molecule has 0 aliphatic carbocycles. The van der Waals surface area contributed by atoms with Crippen LogP contribution in [0.5, 0.6) is 5.75 Å². The quantitative estimate of drug-likeness (QED) is 0.496. The van der Waals surface area contributed by atoms with E-state index in [0.29, 0.717) is 34.0 Å². The fourth-order valence-electron chi connectivity index (χ4n) is 2.70. The van der Waals surface area contributed by atoms with Gasteiger partial charge in [-0.05, 0) is 42.5 Å². The predicted molar refractivity (Wildman–Crippen MR) is 102 cm³/mol. The van der Waals surface area contributed by atoms with Crippen molar-refractivity contribution < 1.29 is 4.74 Å². The lowest BCUT2D eigenvalue weighted by atomic mass is 10.00. The summed E-state index contributed by atoms with van der Waals surface area (Å²) in [5.74, 6) is 0.558. The maximum absolute atomic E-state index is 9.11. The number of nitrogen functional groups attached to an aromatic ring is 2. The van der Waals surface area contributed by atoms with Gasteiger partial charge in [-0.25, -0.2) is 4.98 Å². The first-order valence-electron chi connectivity index (χ1n) is 7.83. The SMILES string of the molecule is COc1ccc(-c2nc(-c3cccc(C#N)c3)cc(N)c2C(=N)N)cc1. The molecule has 0 bridgehead atoms. The third kappa shape index (κ3) is 3.19. The van der Waals surface area contributed by atoms with E-state index in [1.54, 1.807) is 43.5 Å². The number of pyridine rings is 1. The van der Waals surface area contributed by atoms with Crippen LogP contribution in [0.1, 0.15) is 11.1 Å². The molecule has 128 valence electrons. The van der Waals surface area contributed by atoms with Gasteiger partial charge in [0.15, 0.2) is 0 Å². The lowest BCUT2D eigenvalue weighted by Crippen LogP contribution is -2.16. The summed E-state index contributed by atoms with van der Waals surface area (Å²) < 4.78 is 5.18. The molecule has 0 atom stereocenters. The van der Waals surface area contributed by atoms with Gasteiger partial charge in [0.1, 0.15) is 11.6 Å². The smallest absolute Gasteiger partial charge is 0.127 e. The number of aromatic nitrogens is 1. The molecule has 3 rings (SSSR count). The molecule has 0 spiro atoms. The van der Waals surface area contributed by atoms with Crippen molar-refractivity contribution in [3.05, 3.63) is 65.7 Å². The molecule has 0 fully saturated rings. The molecule has 26 heavy (non-hydrogen) atoms. The van der Waals surface area contributed by atoms with Gasteiger partial charge in [-0.2, -0.15) is 5.26 Å². The standard InChI is InChI=1S/C20H17N5O/c1-26-15-7-5-13(6-8-15)19-18(20(23)24)16(22)10-17(25-19)14-4-2-3-12(9-14)11-21/h2-10H,1H3,(H2,22,25)(H3,23,24). The third-order valence-electron chi connectivity index (χ3n) is 3.97. The average molecular weight is 343 g/mol. The van der Waals surface area contributed by atoms with E-state index in [2.05, 4.69) is 11.1 Å². The lowest BCUT2D eigenvalue weighted by molar-refractivity contribution is 0.415. The Bertz CT molecular complexity index is 1020. The van der Waals surface area contributed by atoms with Crippen LogP contribution in [0.3, 0.4) is 0 Å². The second kappa shape index (κ2) is 6.95. The van der Waals surface area contributed by atoms with Crippen molar-refractivity contribution in [2.45, 2.75) is 0 Å². The zero-order valence-electron chi connectivity index (χ0n) is 14.2. The Balaban J connectivity index is 2.22. The number of rotatable bonds is 4. The number of hydrogen-bond acceptors (Lipinski definition) is 5. The summed E-state index contributed by atoms with van der Waals surface area (Å²) in [6.07, 6.45) is 0. The van der Waals surface area contributed by atoms with Gasteiger partial charge >= 0.3 is 0 Å². The summed E-state index contributed by atoms with van der Waals surface area (Å²) in [6.45, 7) is 0. The molecule has 0 saturated heterocycles. The highest BCUT2D eigenvalue weighted by molar-refractivity contribution is 6.05. The van der Waals surface area contributed by atoms with E-state index in [4.69, 9.17) is 26.9 Å². The number of nitrogens with one attached hydrogen (secondary N) is 1. The number of nitrogens with zero attached hydrogens (tertiary/aromatic N) is 2. The van der Waals surface area contributed by atoms with Crippen LogP contribution in [-0.2, 0) is 0 Å². The minimum absolute atomic E-state index is 0.154. The third-order valence-corrected chi connectivity index (χ3v) is 3.97. The van der Waals surface area contributed by atoms with Gasteiger partial charge in [0, 0.05) is 16.8 Å². The molecule has 0 unspecified atom stereocenters. The first-order valence-corrected chi connectivity index (χ1v) is 7.83. The second-order valence-electron chi connectivity index (χ2n) is 5.66. The molecule has 0 aliphatic rings. The Morgan fingerprint density at radius 2 is 1.85 bits per heavy atom. The zero-order chi connectivity index (χ0) is 18.7. The predicted octanol–water partition coefficient (Wildman–Crippen LogP) is 3.16. The molecular formula is C20H17N5O. The van der Waals surface area contributed by atoms with Gasteiger partial charge in [0.2, 0.25) is 0 Å². The molecule has 5 N–H and O–H groups in total. The van der Waals surface area contributed by atoms with Crippen LogP contribution in [0.25, 0.3) is 22.5 Å². The highest BCUT2D eigenvalue weighted by atomic mass is 16.5. The van der Waals surface area contributed by atoms with Crippen molar-refractivity contribution in [1.29, 1.82) is 10.7 Å². The van der Waals surface area contributed by atoms with Crippen LogP contribution in [0.15, 0.2) is 54.6 Å². The number of benzene rings is 2. The molecule has 1 aromatic heterocycles. The Kier molecular flexibility index (Phi) is 4.54. The van der Waals surface area contributed by atoms with E-state index < -0.39 is 0 Å². The minimum atomic E-state index is -0.154. The zero-order valence-corrected chi connectivity index (χ0v) is 14.2. The largest absolute Gasteiger partial charge is 0.497 e. The normalized spacial score (nSPS) is 10.2. The van der Waals surface area contributed by atoms with Gasteiger partial charge in [-0.1, -0.05) is 12.1 Å². The molecule has 0 radical (unpaired) electrons. The number of hydrogen-bond donors (Lipinski definition) is 3. The van der Waals surface area contributed by atoms with Crippen molar-refractivity contribution in [2.24, 2.45) is 5.73 Å². The first kappa shape index (κ1) is 17.0. The Morgan fingerprint density at radius 3 is 2.46 bits per heavy atom. The summed E-state index contributed by atoms with van der Waals surface area (Å²) in [5, 5.41) is 17.0. The number of amidine groups is 1. The Morgan fingerprint density at radius 1 is 1.12 bits per heavy atom. The van der Waals surface area contributed by atoms with Gasteiger partial charge in [0.25, 0.3) is 0 Å². The maximum atomic E-state index is 9.11.